The van der Waals surface area contributed by atoms with E-state index >= 15 is 0 Å². The fraction of sp³-hybridized carbons (Fsp3) is 0.158. The summed E-state index contributed by atoms with van der Waals surface area (Å²) in [5.74, 6) is -0.634. The topological polar surface area (TPSA) is 67.2 Å². The highest BCUT2D eigenvalue weighted by Gasteiger charge is 2.13. The molecule has 0 atom stereocenters. The molecule has 25 heavy (non-hydrogen) atoms. The van der Waals surface area contributed by atoms with Gasteiger partial charge in [-0.25, -0.2) is 9.07 Å². The van der Waals surface area contributed by atoms with Crippen LogP contribution in [0, 0.1) is 12.7 Å². The fourth-order valence-electron chi connectivity index (χ4n) is 2.58. The smallest absolute Gasteiger partial charge is 0.272 e. The van der Waals surface area contributed by atoms with Crippen molar-refractivity contribution in [2.24, 2.45) is 0 Å². The van der Waals surface area contributed by atoms with Crippen LogP contribution in [0.5, 0.6) is 0 Å². The fourth-order valence-corrected chi connectivity index (χ4v) is 2.58. The van der Waals surface area contributed by atoms with Gasteiger partial charge in [-0.15, -0.1) is 0 Å². The average Bonchev–Trinajstić information content (AvgIpc) is 3.02. The van der Waals surface area contributed by atoms with Crippen LogP contribution < -0.4 is 5.32 Å². The predicted molar refractivity (Wildman–Crippen MR) is 91.8 cm³/mol. The lowest BCUT2D eigenvalue weighted by Crippen LogP contribution is -2.24. The molecule has 6 heteroatoms. The van der Waals surface area contributed by atoms with E-state index < -0.39 is 0 Å². The Morgan fingerprint density at radius 3 is 2.52 bits per heavy atom. The molecule has 2 aromatic carbocycles. The second-order valence-corrected chi connectivity index (χ2v) is 5.67. The van der Waals surface area contributed by atoms with E-state index in [4.69, 9.17) is 0 Å². The number of benzene rings is 2. The molecule has 0 radical (unpaired) electrons. The third-order valence-electron chi connectivity index (χ3n) is 3.92. The Morgan fingerprint density at radius 1 is 1.16 bits per heavy atom. The number of nitrogens with zero attached hydrogens (tertiary/aromatic N) is 2. The third-order valence-corrected chi connectivity index (χ3v) is 3.92. The quantitative estimate of drug-likeness (QED) is 0.751. The molecule has 3 rings (SSSR count). The molecule has 1 heterocycles. The Labute approximate surface area is 144 Å². The van der Waals surface area contributed by atoms with E-state index in [1.165, 1.54) is 12.1 Å². The number of aryl methyl sites for hydroxylation is 1. The first-order valence-corrected chi connectivity index (χ1v) is 7.87. The second-order valence-electron chi connectivity index (χ2n) is 5.67. The normalized spacial score (nSPS) is 10.7. The summed E-state index contributed by atoms with van der Waals surface area (Å²) in [6, 6.07) is 14.9. The van der Waals surface area contributed by atoms with Crippen LogP contribution in [0.2, 0.25) is 0 Å². The standard InChI is InChI=1S/C19H18FN3O2/c1-13-10-18(22-23(13)17-8-6-16(20)7-9-17)19(25)21-11-14-4-2-3-5-15(14)12-24/h2-10,24H,11-12H2,1H3,(H,21,25). The van der Waals surface area contributed by atoms with Gasteiger partial charge in [0, 0.05) is 12.2 Å². The molecule has 0 aliphatic rings. The first-order chi connectivity index (χ1) is 12.1. The van der Waals surface area contributed by atoms with E-state index in [-0.39, 0.29) is 24.0 Å². The Morgan fingerprint density at radius 2 is 1.84 bits per heavy atom. The van der Waals surface area contributed by atoms with Crippen LogP contribution in [-0.4, -0.2) is 20.8 Å². The number of nitrogens with one attached hydrogen (secondary N) is 1. The van der Waals surface area contributed by atoms with Crippen LogP contribution in [0.1, 0.15) is 27.3 Å². The number of hydrogen-bond donors (Lipinski definition) is 2. The number of carbonyl (C=O) groups excluding carboxylic acids is 1. The number of hydrogen-bond acceptors (Lipinski definition) is 3. The number of aliphatic hydroxyl groups is 1. The molecule has 0 saturated carbocycles. The molecule has 0 bridgehead atoms. The van der Waals surface area contributed by atoms with Crippen LogP contribution in [0.4, 0.5) is 4.39 Å². The molecule has 0 saturated heterocycles. The second kappa shape index (κ2) is 7.27. The van der Waals surface area contributed by atoms with Crippen molar-refractivity contribution in [3.05, 3.63) is 82.9 Å². The van der Waals surface area contributed by atoms with Crippen molar-refractivity contribution >= 4 is 5.91 Å². The molecule has 3 aromatic rings. The van der Waals surface area contributed by atoms with E-state index in [1.807, 2.05) is 31.2 Å². The van der Waals surface area contributed by atoms with Crippen molar-refractivity contribution in [1.82, 2.24) is 15.1 Å². The maximum absolute atomic E-state index is 13.0. The molecular weight excluding hydrogens is 321 g/mol. The summed E-state index contributed by atoms with van der Waals surface area (Å²) in [7, 11) is 0. The van der Waals surface area contributed by atoms with E-state index in [9.17, 15) is 14.3 Å². The van der Waals surface area contributed by atoms with Crippen molar-refractivity contribution in [3.63, 3.8) is 0 Å². The van der Waals surface area contributed by atoms with E-state index in [0.29, 0.717) is 12.2 Å². The van der Waals surface area contributed by atoms with Gasteiger partial charge in [-0.2, -0.15) is 5.10 Å². The summed E-state index contributed by atoms with van der Waals surface area (Å²) in [5.41, 5.74) is 3.36. The first kappa shape index (κ1) is 16.9. The lowest BCUT2D eigenvalue weighted by atomic mass is 10.1. The molecule has 128 valence electrons. The maximum Gasteiger partial charge on any atom is 0.272 e. The van der Waals surface area contributed by atoms with Gasteiger partial charge in [0.1, 0.15) is 5.82 Å². The lowest BCUT2D eigenvalue weighted by Gasteiger charge is -2.08. The van der Waals surface area contributed by atoms with Gasteiger partial charge in [0.15, 0.2) is 5.69 Å². The van der Waals surface area contributed by atoms with Gasteiger partial charge in [0.05, 0.1) is 12.3 Å². The zero-order chi connectivity index (χ0) is 17.8. The van der Waals surface area contributed by atoms with Crippen molar-refractivity contribution in [3.8, 4) is 5.69 Å². The van der Waals surface area contributed by atoms with Gasteiger partial charge < -0.3 is 10.4 Å². The molecule has 2 N–H and O–H groups in total. The van der Waals surface area contributed by atoms with E-state index in [1.54, 1.807) is 22.9 Å². The van der Waals surface area contributed by atoms with Gasteiger partial charge in [-0.1, -0.05) is 24.3 Å². The Bertz CT molecular complexity index is 888. The van der Waals surface area contributed by atoms with Gasteiger partial charge in [-0.05, 0) is 48.4 Å². The van der Waals surface area contributed by atoms with Crippen molar-refractivity contribution in [2.45, 2.75) is 20.1 Å². The van der Waals surface area contributed by atoms with Crippen molar-refractivity contribution < 1.29 is 14.3 Å². The molecule has 0 aliphatic heterocycles. The molecule has 0 fully saturated rings. The Hall–Kier alpha value is -2.99. The molecular formula is C19H18FN3O2. The van der Waals surface area contributed by atoms with Gasteiger partial charge in [0.2, 0.25) is 0 Å². The number of aliphatic hydroxyl groups excluding tert-OH is 1. The number of carbonyl (C=O) groups is 1. The highest BCUT2D eigenvalue weighted by atomic mass is 19.1. The maximum atomic E-state index is 13.0. The number of aromatic nitrogens is 2. The molecule has 1 amide bonds. The molecule has 0 spiro atoms. The van der Waals surface area contributed by atoms with E-state index in [0.717, 1.165) is 16.8 Å². The van der Waals surface area contributed by atoms with Gasteiger partial charge in [0.25, 0.3) is 5.91 Å². The SMILES string of the molecule is Cc1cc(C(=O)NCc2ccccc2CO)nn1-c1ccc(F)cc1. The van der Waals surface area contributed by atoms with Gasteiger partial charge in [-0.3, -0.25) is 4.79 Å². The Kier molecular flexibility index (Phi) is 4.90. The zero-order valence-corrected chi connectivity index (χ0v) is 13.7. The van der Waals surface area contributed by atoms with Crippen LogP contribution in [-0.2, 0) is 13.2 Å². The highest BCUT2D eigenvalue weighted by Crippen LogP contribution is 2.13. The zero-order valence-electron chi connectivity index (χ0n) is 13.7. The third kappa shape index (κ3) is 3.75. The number of halogens is 1. The first-order valence-electron chi connectivity index (χ1n) is 7.87. The largest absolute Gasteiger partial charge is 0.392 e. The molecule has 5 nitrogen and oxygen atoms in total. The van der Waals surface area contributed by atoms with Crippen molar-refractivity contribution in [2.75, 3.05) is 0 Å². The summed E-state index contributed by atoms with van der Waals surface area (Å²) in [4.78, 5) is 12.4. The lowest BCUT2D eigenvalue weighted by molar-refractivity contribution is 0.0945. The predicted octanol–water partition coefficient (Wildman–Crippen LogP) is 2.74. The number of rotatable bonds is 5. The summed E-state index contributed by atoms with van der Waals surface area (Å²) >= 11 is 0. The van der Waals surface area contributed by atoms with Crippen LogP contribution in [0.15, 0.2) is 54.6 Å². The highest BCUT2D eigenvalue weighted by molar-refractivity contribution is 5.92. The number of amides is 1. The summed E-state index contributed by atoms with van der Waals surface area (Å²) < 4.78 is 14.6. The molecule has 1 aromatic heterocycles. The molecule has 0 aliphatic carbocycles. The summed E-state index contributed by atoms with van der Waals surface area (Å²) in [6.45, 7) is 2.05. The molecule has 0 unspecified atom stereocenters. The average molecular weight is 339 g/mol. The van der Waals surface area contributed by atoms with Crippen LogP contribution in [0.25, 0.3) is 5.69 Å². The van der Waals surface area contributed by atoms with Gasteiger partial charge >= 0.3 is 0 Å². The van der Waals surface area contributed by atoms with Crippen molar-refractivity contribution in [1.29, 1.82) is 0 Å². The van der Waals surface area contributed by atoms with Crippen LogP contribution >= 0.6 is 0 Å². The summed E-state index contributed by atoms with van der Waals surface area (Å²) in [6.07, 6.45) is 0. The Balaban J connectivity index is 1.75. The van der Waals surface area contributed by atoms with E-state index in [2.05, 4.69) is 10.4 Å². The minimum atomic E-state index is -0.325. The summed E-state index contributed by atoms with van der Waals surface area (Å²) in [5, 5.41) is 16.4. The minimum Gasteiger partial charge on any atom is -0.392 e. The monoisotopic (exact) mass is 339 g/mol. The van der Waals surface area contributed by atoms with Crippen LogP contribution in [0.3, 0.4) is 0 Å². The minimum absolute atomic E-state index is 0.0790.